The van der Waals surface area contributed by atoms with Gasteiger partial charge in [-0.1, -0.05) is 23.4 Å². The van der Waals surface area contributed by atoms with Crippen molar-refractivity contribution in [1.29, 1.82) is 0 Å². The number of amides is 3. The van der Waals surface area contributed by atoms with Crippen molar-refractivity contribution in [3.63, 3.8) is 0 Å². The number of urea groups is 1. The number of rotatable bonds is 4. The molecule has 0 radical (unpaired) electrons. The van der Waals surface area contributed by atoms with Gasteiger partial charge >= 0.3 is 6.03 Å². The number of carbonyl (C=O) groups is 2. The van der Waals surface area contributed by atoms with Gasteiger partial charge in [0.2, 0.25) is 0 Å². The maximum Gasteiger partial charge on any atom is 0.312 e. The average Bonchev–Trinajstić information content (AvgIpc) is 2.41. The summed E-state index contributed by atoms with van der Waals surface area (Å²) >= 11 is 6.02. The molecule has 0 saturated heterocycles. The summed E-state index contributed by atoms with van der Waals surface area (Å²) in [5.74, 6) is 5.20. The quantitative estimate of drug-likeness (QED) is 0.465. The number of benzene rings is 1. The number of nitrogens with two attached hydrogens (primary N) is 2. The first kappa shape index (κ1) is 15.8. The van der Waals surface area contributed by atoms with E-state index in [0.29, 0.717) is 16.1 Å². The lowest BCUT2D eigenvalue weighted by atomic mass is 10.1. The van der Waals surface area contributed by atoms with Crippen LogP contribution in [0.1, 0.15) is 15.9 Å². The second kappa shape index (κ2) is 8.04. The summed E-state index contributed by atoms with van der Waals surface area (Å²) in [5.41, 5.74) is 11.2. The van der Waals surface area contributed by atoms with E-state index >= 15 is 0 Å². The van der Waals surface area contributed by atoms with Crippen molar-refractivity contribution in [2.75, 3.05) is 19.6 Å². The SMILES string of the molecule is NCC#Cc1ccc(C(=O)NCCNC(N)=O)cc1Cl. The van der Waals surface area contributed by atoms with Gasteiger partial charge in [-0.15, -0.1) is 0 Å². The van der Waals surface area contributed by atoms with Crippen molar-refractivity contribution in [1.82, 2.24) is 10.6 Å². The molecule has 6 N–H and O–H groups in total. The lowest BCUT2D eigenvalue weighted by molar-refractivity contribution is 0.0954. The molecule has 7 heteroatoms. The van der Waals surface area contributed by atoms with Crippen LogP contribution in [0, 0.1) is 11.8 Å². The molecule has 20 heavy (non-hydrogen) atoms. The molecule has 106 valence electrons. The molecule has 1 rings (SSSR count). The fourth-order valence-electron chi connectivity index (χ4n) is 1.37. The Morgan fingerprint density at radius 1 is 1.25 bits per heavy atom. The Morgan fingerprint density at radius 2 is 1.95 bits per heavy atom. The number of hydrogen-bond acceptors (Lipinski definition) is 3. The molecule has 0 spiro atoms. The van der Waals surface area contributed by atoms with Gasteiger partial charge in [0.05, 0.1) is 11.6 Å². The minimum Gasteiger partial charge on any atom is -0.352 e. The highest BCUT2D eigenvalue weighted by Crippen LogP contribution is 2.16. The van der Waals surface area contributed by atoms with Gasteiger partial charge in [-0.3, -0.25) is 4.79 Å². The highest BCUT2D eigenvalue weighted by atomic mass is 35.5. The smallest absolute Gasteiger partial charge is 0.312 e. The maximum absolute atomic E-state index is 11.8. The van der Waals surface area contributed by atoms with Gasteiger partial charge in [0.25, 0.3) is 5.91 Å². The van der Waals surface area contributed by atoms with Crippen molar-refractivity contribution in [3.05, 3.63) is 34.3 Å². The molecule has 0 saturated carbocycles. The molecule has 0 atom stereocenters. The zero-order valence-electron chi connectivity index (χ0n) is 10.7. The van der Waals surface area contributed by atoms with Crippen LogP contribution in [0.5, 0.6) is 0 Å². The molecule has 0 heterocycles. The second-order valence-electron chi connectivity index (χ2n) is 3.75. The largest absolute Gasteiger partial charge is 0.352 e. The molecule has 0 aliphatic carbocycles. The highest BCUT2D eigenvalue weighted by Gasteiger charge is 2.07. The number of halogens is 1. The van der Waals surface area contributed by atoms with E-state index in [9.17, 15) is 9.59 Å². The summed E-state index contributed by atoms with van der Waals surface area (Å²) in [5, 5.41) is 5.37. The zero-order valence-corrected chi connectivity index (χ0v) is 11.5. The van der Waals surface area contributed by atoms with Crippen molar-refractivity contribution < 1.29 is 9.59 Å². The van der Waals surface area contributed by atoms with E-state index < -0.39 is 6.03 Å². The zero-order chi connectivity index (χ0) is 15.0. The summed E-state index contributed by atoms with van der Waals surface area (Å²) in [4.78, 5) is 22.2. The van der Waals surface area contributed by atoms with Crippen molar-refractivity contribution in [2.24, 2.45) is 11.5 Å². The topological polar surface area (TPSA) is 110 Å². The monoisotopic (exact) mass is 294 g/mol. The summed E-state index contributed by atoms with van der Waals surface area (Å²) in [6.07, 6.45) is 0. The van der Waals surface area contributed by atoms with Gasteiger partial charge in [0.1, 0.15) is 0 Å². The van der Waals surface area contributed by atoms with Gasteiger partial charge in [-0.2, -0.15) is 0 Å². The summed E-state index contributed by atoms with van der Waals surface area (Å²) < 4.78 is 0. The van der Waals surface area contributed by atoms with Crippen molar-refractivity contribution in [3.8, 4) is 11.8 Å². The first-order chi connectivity index (χ1) is 9.54. The molecule has 0 aromatic heterocycles. The number of carbonyl (C=O) groups excluding carboxylic acids is 2. The Balaban J connectivity index is 2.61. The van der Waals surface area contributed by atoms with E-state index in [1.807, 2.05) is 0 Å². The number of hydrogen-bond donors (Lipinski definition) is 4. The van der Waals surface area contributed by atoms with Crippen molar-refractivity contribution >= 4 is 23.5 Å². The molecule has 0 aliphatic heterocycles. The minimum absolute atomic E-state index is 0.241. The van der Waals surface area contributed by atoms with Gasteiger partial charge in [-0.05, 0) is 18.2 Å². The molecule has 1 aromatic carbocycles. The summed E-state index contributed by atoms with van der Waals surface area (Å²) in [6, 6.07) is 4.16. The first-order valence-electron chi connectivity index (χ1n) is 5.84. The fourth-order valence-corrected chi connectivity index (χ4v) is 1.60. The Morgan fingerprint density at radius 3 is 2.55 bits per heavy atom. The molecule has 3 amide bonds. The molecule has 1 aromatic rings. The Labute approximate surface area is 121 Å². The van der Waals surface area contributed by atoms with E-state index in [-0.39, 0.29) is 25.5 Å². The van der Waals surface area contributed by atoms with Crippen LogP contribution in [0.2, 0.25) is 5.02 Å². The molecular weight excluding hydrogens is 280 g/mol. The summed E-state index contributed by atoms with van der Waals surface area (Å²) in [6.45, 7) is 0.772. The maximum atomic E-state index is 11.8. The lowest BCUT2D eigenvalue weighted by Crippen LogP contribution is -2.37. The van der Waals surface area contributed by atoms with E-state index in [2.05, 4.69) is 22.5 Å². The van der Waals surface area contributed by atoms with Crippen LogP contribution in [-0.4, -0.2) is 31.6 Å². The highest BCUT2D eigenvalue weighted by molar-refractivity contribution is 6.32. The van der Waals surface area contributed by atoms with Crippen LogP contribution < -0.4 is 22.1 Å². The fraction of sp³-hybridized carbons (Fsp3) is 0.231. The van der Waals surface area contributed by atoms with E-state index in [4.69, 9.17) is 23.1 Å². The van der Waals surface area contributed by atoms with E-state index in [1.165, 1.54) is 6.07 Å². The molecule has 0 bridgehead atoms. The van der Waals surface area contributed by atoms with Crippen LogP contribution >= 0.6 is 11.6 Å². The normalized spacial score (nSPS) is 9.30. The third-order valence-corrected chi connectivity index (χ3v) is 2.58. The van der Waals surface area contributed by atoms with Crippen LogP contribution in [0.25, 0.3) is 0 Å². The molecule has 0 aliphatic rings. The second-order valence-corrected chi connectivity index (χ2v) is 4.15. The van der Waals surface area contributed by atoms with E-state index in [0.717, 1.165) is 0 Å². The Kier molecular flexibility index (Phi) is 6.37. The predicted molar refractivity (Wildman–Crippen MR) is 77.3 cm³/mol. The van der Waals surface area contributed by atoms with Crippen molar-refractivity contribution in [2.45, 2.75) is 0 Å². The van der Waals surface area contributed by atoms with Crippen LogP contribution in [0.15, 0.2) is 18.2 Å². The Bertz CT molecular complexity index is 563. The number of nitrogens with one attached hydrogen (secondary N) is 2. The van der Waals surface area contributed by atoms with Gasteiger partial charge in [0, 0.05) is 24.2 Å². The Hall–Kier alpha value is -2.23. The van der Waals surface area contributed by atoms with Gasteiger partial charge in [-0.25, -0.2) is 4.79 Å². The van der Waals surface area contributed by atoms with Gasteiger partial charge < -0.3 is 22.1 Å². The molecule has 0 unspecified atom stereocenters. The first-order valence-corrected chi connectivity index (χ1v) is 6.22. The standard InChI is InChI=1S/C13H15ClN4O2/c14-11-8-10(4-3-9(11)2-1-5-15)12(19)17-6-7-18-13(16)20/h3-4,8H,5-7,15H2,(H,17,19)(H3,16,18,20). The van der Waals surface area contributed by atoms with Crippen LogP contribution in [0.3, 0.4) is 0 Å². The number of primary amides is 1. The molecular formula is C13H15ClN4O2. The third-order valence-electron chi connectivity index (χ3n) is 2.27. The molecule has 0 fully saturated rings. The van der Waals surface area contributed by atoms with Gasteiger partial charge in [0.15, 0.2) is 0 Å². The lowest BCUT2D eigenvalue weighted by Gasteiger charge is -2.06. The minimum atomic E-state index is -0.634. The van der Waals surface area contributed by atoms with Crippen LogP contribution in [-0.2, 0) is 0 Å². The molecule has 6 nitrogen and oxygen atoms in total. The average molecular weight is 295 g/mol. The van der Waals surface area contributed by atoms with E-state index in [1.54, 1.807) is 12.1 Å². The predicted octanol–water partition coefficient (Wildman–Crippen LogP) is 0.0483. The van der Waals surface area contributed by atoms with Crippen LogP contribution in [0.4, 0.5) is 4.79 Å². The third kappa shape index (κ3) is 5.18. The summed E-state index contributed by atoms with van der Waals surface area (Å²) in [7, 11) is 0.